The molecule has 8 heteroatoms. The van der Waals surface area contributed by atoms with E-state index in [4.69, 9.17) is 9.47 Å². The van der Waals surface area contributed by atoms with E-state index < -0.39 is 17.6 Å². The van der Waals surface area contributed by atoms with Crippen molar-refractivity contribution < 1.29 is 19.1 Å². The Hall–Kier alpha value is -2.78. The molecule has 3 aliphatic rings. The number of ether oxygens (including phenoxy) is 2. The topological polar surface area (TPSA) is 59.1 Å². The van der Waals surface area contributed by atoms with Gasteiger partial charge in [0, 0.05) is 36.7 Å². The lowest BCUT2D eigenvalue weighted by Gasteiger charge is -2.51. The molecule has 0 aromatic heterocycles. The fourth-order valence-electron chi connectivity index (χ4n) is 6.16. The molecular weight excluding hydrogens is 540 g/mol. The molecule has 1 saturated heterocycles. The summed E-state index contributed by atoms with van der Waals surface area (Å²) in [5.41, 5.74) is 2.57. The summed E-state index contributed by atoms with van der Waals surface area (Å²) in [6.07, 6.45) is 5.17. The van der Waals surface area contributed by atoms with Gasteiger partial charge in [0.15, 0.2) is 0 Å². The predicted octanol–water partition coefficient (Wildman–Crippen LogP) is 5.98. The summed E-state index contributed by atoms with van der Waals surface area (Å²) in [6.45, 7) is 7.07. The van der Waals surface area contributed by atoms with Gasteiger partial charge < -0.3 is 9.47 Å². The molecule has 2 aromatic rings. The summed E-state index contributed by atoms with van der Waals surface area (Å²) in [4.78, 5) is 34.7. The fraction of sp³-hybridized carbons (Fsp3) is 0.375. The Balaban J connectivity index is 1.83. The zero-order chi connectivity index (χ0) is 28.5. The van der Waals surface area contributed by atoms with Gasteiger partial charge in [0.1, 0.15) is 10.6 Å². The van der Waals surface area contributed by atoms with Crippen molar-refractivity contribution in [1.29, 1.82) is 0 Å². The first-order valence-corrected chi connectivity index (χ1v) is 15.5. The molecule has 5 rings (SSSR count). The lowest BCUT2D eigenvalue weighted by Crippen LogP contribution is -2.60. The first-order chi connectivity index (χ1) is 19.2. The largest absolute Gasteiger partial charge is 0.466 e. The number of allylic oxidation sites excluding steroid dienone is 2. The van der Waals surface area contributed by atoms with Gasteiger partial charge in [0.25, 0.3) is 0 Å². The van der Waals surface area contributed by atoms with E-state index in [1.165, 1.54) is 26.0 Å². The number of hydrogen-bond acceptors (Lipinski definition) is 8. The molecule has 1 spiro atoms. The van der Waals surface area contributed by atoms with Crippen LogP contribution in [0.2, 0.25) is 0 Å². The van der Waals surface area contributed by atoms with Crippen molar-refractivity contribution in [2.45, 2.75) is 39.0 Å². The quantitative estimate of drug-likeness (QED) is 0.373. The Morgan fingerprint density at radius 2 is 1.40 bits per heavy atom. The van der Waals surface area contributed by atoms with Gasteiger partial charge in [0.05, 0.1) is 19.8 Å². The van der Waals surface area contributed by atoms with Crippen LogP contribution in [0.4, 0.5) is 0 Å². The van der Waals surface area contributed by atoms with Crippen LogP contribution in [-0.2, 0) is 32.2 Å². The van der Waals surface area contributed by atoms with E-state index in [1.54, 1.807) is 11.8 Å². The zero-order valence-electron chi connectivity index (χ0n) is 23.7. The maximum Gasteiger partial charge on any atom is 0.345 e. The van der Waals surface area contributed by atoms with E-state index in [0.717, 1.165) is 32.9 Å². The average Bonchev–Trinajstić information content (AvgIpc) is 3.28. The predicted molar refractivity (Wildman–Crippen MR) is 162 cm³/mol. The third kappa shape index (κ3) is 5.07. The molecule has 2 heterocycles. The van der Waals surface area contributed by atoms with Crippen LogP contribution in [0, 0.1) is 5.41 Å². The van der Waals surface area contributed by atoms with Crippen LogP contribution in [0.15, 0.2) is 92.6 Å². The lowest BCUT2D eigenvalue weighted by molar-refractivity contribution is -0.141. The second-order valence-corrected chi connectivity index (χ2v) is 12.9. The highest BCUT2D eigenvalue weighted by Gasteiger charge is 2.61. The van der Waals surface area contributed by atoms with Gasteiger partial charge in [-0.15, -0.1) is 11.8 Å². The third-order valence-corrected chi connectivity index (χ3v) is 9.71. The molecular formula is C32H36N2O4S2. The molecule has 1 aliphatic carbocycles. The summed E-state index contributed by atoms with van der Waals surface area (Å²) in [7, 11) is 2.76. The number of thioether (sulfide) groups is 2. The molecule has 40 heavy (non-hydrogen) atoms. The van der Waals surface area contributed by atoms with Crippen LogP contribution in [0.3, 0.4) is 0 Å². The van der Waals surface area contributed by atoms with Gasteiger partial charge in [-0.05, 0) is 34.1 Å². The second kappa shape index (κ2) is 11.6. The number of fused-ring (bicyclic) bond motifs is 1. The first kappa shape index (κ1) is 28.7. The number of benzene rings is 2. The zero-order valence-corrected chi connectivity index (χ0v) is 25.4. The summed E-state index contributed by atoms with van der Waals surface area (Å²) in [6, 6.07) is 20.6. The fourth-order valence-corrected chi connectivity index (χ4v) is 8.67. The van der Waals surface area contributed by atoms with E-state index in [0.29, 0.717) is 36.7 Å². The van der Waals surface area contributed by atoms with Crippen molar-refractivity contribution in [2.75, 3.05) is 33.6 Å². The summed E-state index contributed by atoms with van der Waals surface area (Å²) >= 11 is 3.07. The highest BCUT2D eigenvalue weighted by Crippen LogP contribution is 2.60. The Labute approximate surface area is 245 Å². The summed E-state index contributed by atoms with van der Waals surface area (Å²) in [5.74, 6) is -1.02. The smallest absolute Gasteiger partial charge is 0.345 e. The molecule has 0 saturated carbocycles. The van der Waals surface area contributed by atoms with Gasteiger partial charge in [-0.3, -0.25) is 9.80 Å². The molecule has 0 atom stereocenters. The van der Waals surface area contributed by atoms with Crippen molar-refractivity contribution >= 4 is 35.5 Å². The molecule has 0 N–H and O–H groups in total. The number of carbonyl (C=O) groups excluding carboxylic acids is 2. The van der Waals surface area contributed by atoms with Crippen LogP contribution in [0.25, 0.3) is 0 Å². The maximum atomic E-state index is 13.9. The number of esters is 2. The van der Waals surface area contributed by atoms with Crippen LogP contribution in [-0.4, -0.2) is 61.0 Å². The number of carbonyl (C=O) groups is 2. The number of nitrogens with zero attached hydrogens (tertiary/aromatic N) is 2. The molecule has 0 radical (unpaired) electrons. The van der Waals surface area contributed by atoms with Gasteiger partial charge in [0.2, 0.25) is 0 Å². The van der Waals surface area contributed by atoms with Crippen LogP contribution in [0.5, 0.6) is 0 Å². The van der Waals surface area contributed by atoms with Crippen LogP contribution >= 0.6 is 23.5 Å². The van der Waals surface area contributed by atoms with E-state index in [2.05, 4.69) is 60.2 Å². The molecule has 0 amide bonds. The van der Waals surface area contributed by atoms with Gasteiger partial charge in [-0.1, -0.05) is 92.3 Å². The maximum absolute atomic E-state index is 13.9. The number of rotatable bonds is 7. The number of hydrogen-bond donors (Lipinski definition) is 0. The SMILES string of the molecule is COC(=O)C1=C(C(=O)OC)C2(C3=C(CC(C)(C)C=C3SC)S1)N(Cc1ccccc1)CCN2Cc1ccccc1. The molecule has 1 fully saturated rings. The van der Waals surface area contributed by atoms with E-state index >= 15 is 0 Å². The second-order valence-electron chi connectivity index (χ2n) is 11.0. The van der Waals surface area contributed by atoms with Crippen molar-refractivity contribution in [2.24, 2.45) is 5.41 Å². The standard InChI is InChI=1S/C32H36N2O4S2/c1-31(2)18-24(39-5)26-25(19-31)40-28(30(36)38-4)27(29(35)37-3)32(26)33(20-22-12-8-6-9-13-22)16-17-34(32)21-23-14-10-7-11-15-23/h6-15,18H,16-17,19-21H2,1-5H3. The van der Waals surface area contributed by atoms with E-state index in [1.807, 2.05) is 36.4 Å². The minimum absolute atomic E-state index is 0.109. The lowest BCUT2D eigenvalue weighted by atomic mass is 9.77. The normalized spacial score (nSPS) is 20.4. The Morgan fingerprint density at radius 1 is 0.875 bits per heavy atom. The van der Waals surface area contributed by atoms with Crippen LogP contribution < -0.4 is 0 Å². The molecule has 6 nitrogen and oxygen atoms in total. The highest BCUT2D eigenvalue weighted by atomic mass is 32.2. The van der Waals surface area contributed by atoms with Gasteiger partial charge in [-0.2, -0.15) is 0 Å². The number of methoxy groups -OCH3 is 2. The van der Waals surface area contributed by atoms with Crippen molar-refractivity contribution in [3.63, 3.8) is 0 Å². The van der Waals surface area contributed by atoms with E-state index in [-0.39, 0.29) is 5.41 Å². The molecule has 0 unspecified atom stereocenters. The Morgan fingerprint density at radius 3 is 1.88 bits per heavy atom. The average molecular weight is 577 g/mol. The van der Waals surface area contributed by atoms with E-state index in [9.17, 15) is 9.59 Å². The first-order valence-electron chi connectivity index (χ1n) is 13.4. The highest BCUT2D eigenvalue weighted by molar-refractivity contribution is 8.08. The van der Waals surface area contributed by atoms with Gasteiger partial charge in [-0.25, -0.2) is 9.59 Å². The monoisotopic (exact) mass is 576 g/mol. The van der Waals surface area contributed by atoms with Crippen molar-refractivity contribution in [3.8, 4) is 0 Å². The van der Waals surface area contributed by atoms with Crippen LogP contribution in [0.1, 0.15) is 31.4 Å². The summed E-state index contributed by atoms with van der Waals surface area (Å²) in [5, 5.41) is 0. The summed E-state index contributed by atoms with van der Waals surface area (Å²) < 4.78 is 10.8. The third-order valence-electron chi connectivity index (χ3n) is 7.78. The van der Waals surface area contributed by atoms with Crippen molar-refractivity contribution in [1.82, 2.24) is 9.80 Å². The minimum Gasteiger partial charge on any atom is -0.466 e. The minimum atomic E-state index is -1.02. The Bertz CT molecular complexity index is 1330. The molecule has 2 aromatic carbocycles. The Kier molecular flexibility index (Phi) is 8.34. The van der Waals surface area contributed by atoms with Gasteiger partial charge >= 0.3 is 11.9 Å². The molecule has 2 aliphatic heterocycles. The molecule has 210 valence electrons. The molecule has 0 bridgehead atoms. The van der Waals surface area contributed by atoms with Crippen molar-refractivity contribution in [3.05, 3.63) is 104 Å².